The normalized spacial score (nSPS) is 12.5. The Hall–Kier alpha value is -2.19. The monoisotopic (exact) mass is 434 g/mol. The molecule has 0 unspecified atom stereocenters. The van der Waals surface area contributed by atoms with Crippen LogP contribution in [0.3, 0.4) is 0 Å². The lowest BCUT2D eigenvalue weighted by Crippen LogP contribution is -2.40. The van der Waals surface area contributed by atoms with Gasteiger partial charge in [-0.2, -0.15) is 4.72 Å². The van der Waals surface area contributed by atoms with Crippen molar-refractivity contribution in [2.75, 3.05) is 6.54 Å². The smallest absolute Gasteiger partial charge is 0.251 e. The average Bonchev–Trinajstić information content (AvgIpc) is 3.24. The average molecular weight is 435 g/mol. The first-order valence-electron chi connectivity index (χ1n) is 8.59. The van der Waals surface area contributed by atoms with Gasteiger partial charge >= 0.3 is 0 Å². The van der Waals surface area contributed by atoms with E-state index in [0.29, 0.717) is 23.6 Å². The van der Waals surface area contributed by atoms with E-state index in [4.69, 9.17) is 11.6 Å². The molecule has 0 radical (unpaired) electrons. The van der Waals surface area contributed by atoms with Gasteiger partial charge < -0.3 is 5.32 Å². The summed E-state index contributed by atoms with van der Waals surface area (Å²) >= 11 is 6.98. The second-order valence-electron chi connectivity index (χ2n) is 6.06. The van der Waals surface area contributed by atoms with Gasteiger partial charge in [-0.05, 0) is 41.1 Å². The zero-order valence-electron chi connectivity index (χ0n) is 14.8. The molecule has 8 heteroatoms. The van der Waals surface area contributed by atoms with E-state index in [1.165, 1.54) is 6.07 Å². The highest BCUT2D eigenvalue weighted by atomic mass is 35.5. The van der Waals surface area contributed by atoms with E-state index in [-0.39, 0.29) is 4.21 Å². The van der Waals surface area contributed by atoms with E-state index in [1.807, 2.05) is 18.2 Å². The molecule has 1 atom stereocenters. The number of halogens is 1. The highest BCUT2D eigenvalue weighted by Gasteiger charge is 2.27. The van der Waals surface area contributed by atoms with Gasteiger partial charge in [0.2, 0.25) is 5.91 Å². The first-order chi connectivity index (χ1) is 13.5. The van der Waals surface area contributed by atoms with Crippen molar-refractivity contribution in [1.82, 2.24) is 10.0 Å². The Labute approximate surface area is 173 Å². The molecule has 0 saturated heterocycles. The van der Waals surface area contributed by atoms with Crippen LogP contribution in [-0.4, -0.2) is 20.9 Å². The summed E-state index contributed by atoms with van der Waals surface area (Å²) in [4.78, 5) is 12.8. The Morgan fingerprint density at radius 3 is 2.36 bits per heavy atom. The van der Waals surface area contributed by atoms with Crippen LogP contribution < -0.4 is 10.0 Å². The fourth-order valence-corrected chi connectivity index (χ4v) is 4.95. The molecule has 3 rings (SSSR count). The van der Waals surface area contributed by atoms with Crippen LogP contribution in [0.15, 0.2) is 76.3 Å². The Kier molecular flexibility index (Phi) is 6.85. The molecule has 1 aromatic heterocycles. The summed E-state index contributed by atoms with van der Waals surface area (Å²) in [5, 5.41) is 5.15. The molecule has 0 aliphatic carbocycles. The maximum atomic E-state index is 12.8. The van der Waals surface area contributed by atoms with Crippen molar-refractivity contribution >= 4 is 38.9 Å². The van der Waals surface area contributed by atoms with Crippen molar-refractivity contribution in [3.63, 3.8) is 0 Å². The molecule has 3 aromatic rings. The molecule has 146 valence electrons. The van der Waals surface area contributed by atoms with Gasteiger partial charge in [-0.15, -0.1) is 11.3 Å². The summed E-state index contributed by atoms with van der Waals surface area (Å²) in [5.41, 5.74) is 1.60. The third-order valence-electron chi connectivity index (χ3n) is 4.05. The number of hydrogen-bond acceptors (Lipinski definition) is 4. The number of sulfonamides is 1. The lowest BCUT2D eigenvalue weighted by molar-refractivity contribution is -0.122. The number of hydrogen-bond donors (Lipinski definition) is 2. The molecule has 1 amide bonds. The minimum absolute atomic E-state index is 0.169. The molecule has 1 heterocycles. The number of benzene rings is 2. The highest BCUT2D eigenvalue weighted by Crippen LogP contribution is 2.21. The van der Waals surface area contributed by atoms with E-state index < -0.39 is 22.0 Å². The highest BCUT2D eigenvalue weighted by molar-refractivity contribution is 7.91. The minimum atomic E-state index is -3.80. The summed E-state index contributed by atoms with van der Waals surface area (Å²) in [6.07, 6.45) is 0.613. The molecule has 0 saturated carbocycles. The molecule has 0 aliphatic rings. The zero-order chi connectivity index (χ0) is 20.0. The molecule has 5 nitrogen and oxygen atoms in total. The Bertz CT molecular complexity index is 1010. The lowest BCUT2D eigenvalue weighted by atomic mass is 10.1. The number of nitrogens with one attached hydrogen (secondary N) is 2. The topological polar surface area (TPSA) is 75.3 Å². The number of carbonyl (C=O) groups excluding carboxylic acids is 1. The maximum absolute atomic E-state index is 12.8. The second kappa shape index (κ2) is 9.34. The van der Waals surface area contributed by atoms with E-state index in [1.54, 1.807) is 47.8 Å². The molecule has 2 aromatic carbocycles. The summed E-state index contributed by atoms with van der Waals surface area (Å²) < 4.78 is 27.9. The van der Waals surface area contributed by atoms with Crippen molar-refractivity contribution in [3.05, 3.63) is 88.3 Å². The quantitative estimate of drug-likeness (QED) is 0.566. The number of thiophene rings is 1. The number of rotatable bonds is 8. The molecule has 28 heavy (non-hydrogen) atoms. The summed E-state index contributed by atoms with van der Waals surface area (Å²) in [5.74, 6) is -0.403. The molecular weight excluding hydrogens is 416 g/mol. The van der Waals surface area contributed by atoms with Crippen LogP contribution in [0.2, 0.25) is 5.02 Å². The molecule has 2 N–H and O–H groups in total. The predicted octanol–water partition coefficient (Wildman–Crippen LogP) is 3.78. The summed E-state index contributed by atoms with van der Waals surface area (Å²) in [7, 11) is -3.80. The Morgan fingerprint density at radius 2 is 1.71 bits per heavy atom. The summed E-state index contributed by atoms with van der Waals surface area (Å²) in [6.45, 7) is 0.379. The van der Waals surface area contributed by atoms with Crippen molar-refractivity contribution in [1.29, 1.82) is 0 Å². The molecular formula is C20H19ClN2O3S2. The molecule has 0 fully saturated rings. The van der Waals surface area contributed by atoms with Crippen LogP contribution in [0.4, 0.5) is 0 Å². The number of carbonyl (C=O) groups is 1. The van der Waals surface area contributed by atoms with Crippen molar-refractivity contribution in [2.45, 2.75) is 16.7 Å². The van der Waals surface area contributed by atoms with Crippen LogP contribution in [0.25, 0.3) is 0 Å². The van der Waals surface area contributed by atoms with E-state index >= 15 is 0 Å². The van der Waals surface area contributed by atoms with Gasteiger partial charge in [0.1, 0.15) is 10.3 Å². The van der Waals surface area contributed by atoms with Gasteiger partial charge in [-0.3, -0.25) is 4.79 Å². The zero-order valence-corrected chi connectivity index (χ0v) is 17.2. The molecule has 0 bridgehead atoms. The Morgan fingerprint density at radius 1 is 1.00 bits per heavy atom. The van der Waals surface area contributed by atoms with Crippen LogP contribution in [-0.2, 0) is 21.2 Å². The lowest BCUT2D eigenvalue weighted by Gasteiger charge is -2.18. The third-order valence-corrected chi connectivity index (χ3v) is 7.13. The Balaban J connectivity index is 1.71. The van der Waals surface area contributed by atoms with Crippen molar-refractivity contribution in [2.24, 2.45) is 0 Å². The fourth-order valence-electron chi connectivity index (χ4n) is 2.63. The fraction of sp³-hybridized carbons (Fsp3) is 0.150. The number of amides is 1. The van der Waals surface area contributed by atoms with Gasteiger partial charge in [0.15, 0.2) is 0 Å². The predicted molar refractivity (Wildman–Crippen MR) is 112 cm³/mol. The van der Waals surface area contributed by atoms with E-state index in [2.05, 4.69) is 10.0 Å². The first-order valence-corrected chi connectivity index (χ1v) is 11.3. The van der Waals surface area contributed by atoms with Crippen molar-refractivity contribution < 1.29 is 13.2 Å². The first kappa shape index (κ1) is 20.5. The molecule has 0 spiro atoms. The minimum Gasteiger partial charge on any atom is -0.354 e. The van der Waals surface area contributed by atoms with Gasteiger partial charge in [0.05, 0.1) is 0 Å². The van der Waals surface area contributed by atoms with Gasteiger partial charge in [0, 0.05) is 11.6 Å². The second-order valence-corrected chi connectivity index (χ2v) is 9.39. The molecule has 0 aliphatic heterocycles. The van der Waals surface area contributed by atoms with Crippen LogP contribution in [0.1, 0.15) is 17.2 Å². The van der Waals surface area contributed by atoms with E-state index in [9.17, 15) is 13.2 Å². The van der Waals surface area contributed by atoms with Crippen LogP contribution in [0, 0.1) is 0 Å². The standard InChI is InChI=1S/C20H19ClN2O3S2/c21-17-10-8-15(9-11-17)12-13-22-20(24)19(16-5-2-1-3-6-16)23-28(25,26)18-7-4-14-27-18/h1-11,14,19,23H,12-13H2,(H,22,24)/t19-/m1/s1. The maximum Gasteiger partial charge on any atom is 0.251 e. The van der Waals surface area contributed by atoms with Crippen molar-refractivity contribution in [3.8, 4) is 0 Å². The largest absolute Gasteiger partial charge is 0.354 e. The summed E-state index contributed by atoms with van der Waals surface area (Å²) in [6, 6.07) is 18.3. The third kappa shape index (κ3) is 5.42. The SMILES string of the molecule is O=C(NCCc1ccc(Cl)cc1)[C@H](NS(=O)(=O)c1cccs1)c1ccccc1. The van der Waals surface area contributed by atoms with Crippen LogP contribution in [0.5, 0.6) is 0 Å². The van der Waals surface area contributed by atoms with Crippen LogP contribution >= 0.6 is 22.9 Å². The van der Waals surface area contributed by atoms with E-state index in [0.717, 1.165) is 16.9 Å². The van der Waals surface area contributed by atoms with Gasteiger partial charge in [-0.1, -0.05) is 60.1 Å². The van der Waals surface area contributed by atoms with Gasteiger partial charge in [0.25, 0.3) is 10.0 Å². The van der Waals surface area contributed by atoms with Gasteiger partial charge in [-0.25, -0.2) is 8.42 Å².